The normalized spacial score (nSPS) is 11.8. The van der Waals surface area contributed by atoms with E-state index in [-0.39, 0.29) is 12.0 Å². The zero-order chi connectivity index (χ0) is 10.1. The van der Waals surface area contributed by atoms with Crippen molar-refractivity contribution in [3.05, 3.63) is 29.3 Å². The Morgan fingerprint density at radius 1 is 1.38 bits per heavy atom. The zero-order valence-corrected chi connectivity index (χ0v) is 6.82. The monoisotopic (exact) mass is 193 g/mol. The lowest BCUT2D eigenvalue weighted by molar-refractivity contribution is -0.143. The number of halogens is 4. The third kappa shape index (κ3) is 1.96. The molecule has 0 bridgehead atoms. The first-order chi connectivity index (χ1) is 5.96. The van der Waals surface area contributed by atoms with Gasteiger partial charge in [-0.3, -0.25) is 0 Å². The van der Waals surface area contributed by atoms with Crippen molar-refractivity contribution in [3.63, 3.8) is 0 Å². The summed E-state index contributed by atoms with van der Waals surface area (Å²) in [6, 6.07) is 1.24. The van der Waals surface area contributed by atoms with Crippen molar-refractivity contribution in [2.24, 2.45) is 0 Å². The summed E-state index contributed by atoms with van der Waals surface area (Å²) in [5.41, 5.74) is -1.41. The van der Waals surface area contributed by atoms with Crippen LogP contribution in [0.4, 0.5) is 17.6 Å². The van der Waals surface area contributed by atoms with Crippen molar-refractivity contribution >= 4 is 0 Å². The van der Waals surface area contributed by atoms with E-state index in [1.807, 2.05) is 0 Å². The van der Waals surface area contributed by atoms with Gasteiger partial charge in [-0.25, -0.2) is 9.37 Å². The van der Waals surface area contributed by atoms with E-state index in [4.69, 9.17) is 0 Å². The van der Waals surface area contributed by atoms with E-state index in [2.05, 4.69) is 4.98 Å². The Balaban J connectivity index is 3.24. The Morgan fingerprint density at radius 2 is 2.00 bits per heavy atom. The molecule has 0 atom stereocenters. The van der Waals surface area contributed by atoms with Crippen LogP contribution in [0.5, 0.6) is 0 Å². The van der Waals surface area contributed by atoms with Gasteiger partial charge in [0, 0.05) is 6.20 Å². The highest BCUT2D eigenvalue weighted by atomic mass is 19.4. The second-order valence-corrected chi connectivity index (χ2v) is 2.48. The van der Waals surface area contributed by atoms with E-state index in [9.17, 15) is 17.6 Å². The Labute approximate surface area is 72.4 Å². The molecule has 0 amide bonds. The van der Waals surface area contributed by atoms with Crippen molar-refractivity contribution in [2.75, 3.05) is 0 Å². The molecule has 0 radical (unpaired) electrons. The number of aryl methyl sites for hydroxylation is 1. The van der Waals surface area contributed by atoms with Gasteiger partial charge >= 0.3 is 6.18 Å². The Kier molecular flexibility index (Phi) is 2.54. The van der Waals surface area contributed by atoms with Crippen LogP contribution >= 0.6 is 0 Å². The van der Waals surface area contributed by atoms with Crippen LogP contribution < -0.4 is 0 Å². The first-order valence-electron chi connectivity index (χ1n) is 3.67. The molecule has 1 nitrogen and oxygen atoms in total. The molecule has 1 heterocycles. The average Bonchev–Trinajstić information content (AvgIpc) is 2.02. The maximum Gasteiger partial charge on any atom is 0.436 e. The SMILES string of the molecule is CCc1ccnc(C(F)(F)F)c1F. The van der Waals surface area contributed by atoms with Gasteiger partial charge in [-0.2, -0.15) is 13.2 Å². The first-order valence-corrected chi connectivity index (χ1v) is 3.67. The predicted octanol–water partition coefficient (Wildman–Crippen LogP) is 2.80. The summed E-state index contributed by atoms with van der Waals surface area (Å²) in [6.07, 6.45) is -3.53. The van der Waals surface area contributed by atoms with E-state index in [0.29, 0.717) is 0 Å². The van der Waals surface area contributed by atoms with Crippen LogP contribution in [0.25, 0.3) is 0 Å². The predicted molar refractivity (Wildman–Crippen MR) is 38.6 cm³/mol. The summed E-state index contributed by atoms with van der Waals surface area (Å²) >= 11 is 0. The molecule has 13 heavy (non-hydrogen) atoms. The van der Waals surface area contributed by atoms with E-state index < -0.39 is 17.7 Å². The number of hydrogen-bond donors (Lipinski definition) is 0. The molecule has 1 aromatic heterocycles. The summed E-state index contributed by atoms with van der Waals surface area (Å²) in [4.78, 5) is 2.96. The van der Waals surface area contributed by atoms with Gasteiger partial charge in [0.1, 0.15) is 0 Å². The fraction of sp³-hybridized carbons (Fsp3) is 0.375. The van der Waals surface area contributed by atoms with Crippen molar-refractivity contribution in [1.82, 2.24) is 4.98 Å². The summed E-state index contributed by atoms with van der Waals surface area (Å²) in [5.74, 6) is -1.27. The lowest BCUT2D eigenvalue weighted by Gasteiger charge is -2.08. The molecular formula is C8H7F4N. The first kappa shape index (κ1) is 9.95. The van der Waals surface area contributed by atoms with Crippen molar-refractivity contribution in [3.8, 4) is 0 Å². The smallest absolute Gasteiger partial charge is 0.249 e. The van der Waals surface area contributed by atoms with Gasteiger partial charge in [-0.05, 0) is 18.1 Å². The minimum Gasteiger partial charge on any atom is -0.249 e. The standard InChI is InChI=1S/C8H7F4N/c1-2-5-3-4-13-7(6(5)9)8(10,11)12/h3-4H,2H2,1H3. The molecule has 0 saturated heterocycles. The molecule has 0 aliphatic heterocycles. The number of pyridine rings is 1. The quantitative estimate of drug-likeness (QED) is 0.625. The summed E-state index contributed by atoms with van der Waals surface area (Å²) in [5, 5.41) is 0. The van der Waals surface area contributed by atoms with Gasteiger partial charge in [-0.1, -0.05) is 6.92 Å². The number of hydrogen-bond acceptors (Lipinski definition) is 1. The van der Waals surface area contributed by atoms with Crippen LogP contribution in [0.1, 0.15) is 18.2 Å². The molecule has 1 aromatic rings. The average molecular weight is 193 g/mol. The molecule has 0 spiro atoms. The van der Waals surface area contributed by atoms with Crippen molar-refractivity contribution in [2.45, 2.75) is 19.5 Å². The maximum absolute atomic E-state index is 13.0. The molecule has 0 aliphatic carbocycles. The Hall–Kier alpha value is -1.13. The van der Waals surface area contributed by atoms with Crippen LogP contribution in [0.3, 0.4) is 0 Å². The minimum atomic E-state index is -4.71. The van der Waals surface area contributed by atoms with E-state index in [1.54, 1.807) is 6.92 Å². The molecule has 0 aromatic carbocycles. The number of alkyl halides is 3. The van der Waals surface area contributed by atoms with Crippen LogP contribution in [0.15, 0.2) is 12.3 Å². The fourth-order valence-corrected chi connectivity index (χ4v) is 0.954. The molecule has 72 valence electrons. The molecule has 1 rings (SSSR count). The highest BCUT2D eigenvalue weighted by molar-refractivity contribution is 5.21. The van der Waals surface area contributed by atoms with Gasteiger partial charge in [0.2, 0.25) is 0 Å². The summed E-state index contributed by atoms with van der Waals surface area (Å²) in [6.45, 7) is 1.58. The maximum atomic E-state index is 13.0. The number of aromatic nitrogens is 1. The second-order valence-electron chi connectivity index (χ2n) is 2.48. The Bertz CT molecular complexity index is 306. The largest absolute Gasteiger partial charge is 0.436 e. The van der Waals surface area contributed by atoms with Gasteiger partial charge in [0.05, 0.1) is 0 Å². The zero-order valence-electron chi connectivity index (χ0n) is 6.82. The Morgan fingerprint density at radius 3 is 2.46 bits per heavy atom. The van der Waals surface area contributed by atoms with E-state index in [1.165, 1.54) is 6.07 Å². The molecule has 0 N–H and O–H groups in total. The van der Waals surface area contributed by atoms with Crippen LogP contribution in [-0.2, 0) is 12.6 Å². The van der Waals surface area contributed by atoms with Gasteiger partial charge in [0.15, 0.2) is 11.5 Å². The summed E-state index contributed by atoms with van der Waals surface area (Å²) < 4.78 is 49.2. The topological polar surface area (TPSA) is 12.9 Å². The highest BCUT2D eigenvalue weighted by Crippen LogP contribution is 2.30. The molecular weight excluding hydrogens is 186 g/mol. The lowest BCUT2D eigenvalue weighted by Crippen LogP contribution is -2.12. The van der Waals surface area contributed by atoms with Crippen LogP contribution in [0.2, 0.25) is 0 Å². The second kappa shape index (κ2) is 3.32. The van der Waals surface area contributed by atoms with E-state index in [0.717, 1.165) is 6.20 Å². The molecule has 5 heteroatoms. The van der Waals surface area contributed by atoms with Gasteiger partial charge < -0.3 is 0 Å². The molecule has 0 unspecified atom stereocenters. The van der Waals surface area contributed by atoms with Crippen molar-refractivity contribution in [1.29, 1.82) is 0 Å². The molecule has 0 fully saturated rings. The summed E-state index contributed by atoms with van der Waals surface area (Å²) in [7, 11) is 0. The van der Waals surface area contributed by atoms with Gasteiger partial charge in [0.25, 0.3) is 0 Å². The van der Waals surface area contributed by atoms with Crippen molar-refractivity contribution < 1.29 is 17.6 Å². The van der Waals surface area contributed by atoms with Crippen LogP contribution in [0, 0.1) is 5.82 Å². The fourth-order valence-electron chi connectivity index (χ4n) is 0.954. The number of nitrogens with zero attached hydrogens (tertiary/aromatic N) is 1. The van der Waals surface area contributed by atoms with Crippen LogP contribution in [-0.4, -0.2) is 4.98 Å². The van der Waals surface area contributed by atoms with Gasteiger partial charge in [-0.15, -0.1) is 0 Å². The third-order valence-electron chi connectivity index (χ3n) is 1.62. The van der Waals surface area contributed by atoms with E-state index >= 15 is 0 Å². The minimum absolute atomic E-state index is 0.0299. The number of rotatable bonds is 1. The lowest BCUT2D eigenvalue weighted by atomic mass is 10.1. The molecule has 0 saturated carbocycles. The molecule has 0 aliphatic rings. The highest BCUT2D eigenvalue weighted by Gasteiger charge is 2.36. The third-order valence-corrected chi connectivity index (χ3v) is 1.62.